The van der Waals surface area contributed by atoms with E-state index in [1.807, 2.05) is 6.92 Å². The third kappa shape index (κ3) is 2.31. The molecule has 2 N–H and O–H groups in total. The van der Waals surface area contributed by atoms with Crippen LogP contribution in [-0.2, 0) is 6.42 Å². The standard InChI is InChI=1S/C10H17N3/c1-8-6-10(13-12-8)7-9-4-2-3-5-11-9/h6,9,11H,2-5,7H2,1H3,(H,12,13). The first-order valence-corrected chi connectivity index (χ1v) is 5.09. The normalized spacial score (nSPS) is 23.3. The van der Waals surface area contributed by atoms with Crippen LogP contribution in [0, 0.1) is 6.92 Å². The minimum Gasteiger partial charge on any atom is -0.314 e. The van der Waals surface area contributed by atoms with Crippen LogP contribution < -0.4 is 5.32 Å². The highest BCUT2D eigenvalue weighted by atomic mass is 15.1. The van der Waals surface area contributed by atoms with Crippen molar-refractivity contribution in [2.75, 3.05) is 6.54 Å². The summed E-state index contributed by atoms with van der Waals surface area (Å²) in [6.45, 7) is 3.22. The highest BCUT2D eigenvalue weighted by Crippen LogP contribution is 2.11. The van der Waals surface area contributed by atoms with Crippen LogP contribution in [0.15, 0.2) is 6.07 Å². The molecular weight excluding hydrogens is 162 g/mol. The lowest BCUT2D eigenvalue weighted by molar-refractivity contribution is 0.397. The van der Waals surface area contributed by atoms with E-state index < -0.39 is 0 Å². The summed E-state index contributed by atoms with van der Waals surface area (Å²) < 4.78 is 0. The molecule has 0 aromatic carbocycles. The van der Waals surface area contributed by atoms with E-state index in [0.29, 0.717) is 6.04 Å². The molecule has 1 saturated heterocycles. The minimum absolute atomic E-state index is 0.649. The maximum Gasteiger partial charge on any atom is 0.0640 e. The zero-order valence-electron chi connectivity index (χ0n) is 8.14. The Bertz CT molecular complexity index is 261. The Morgan fingerprint density at radius 3 is 3.08 bits per heavy atom. The topological polar surface area (TPSA) is 40.7 Å². The van der Waals surface area contributed by atoms with Crippen LogP contribution in [-0.4, -0.2) is 22.8 Å². The van der Waals surface area contributed by atoms with Gasteiger partial charge < -0.3 is 5.32 Å². The summed E-state index contributed by atoms with van der Waals surface area (Å²) in [5, 5.41) is 10.7. The van der Waals surface area contributed by atoms with Gasteiger partial charge in [0.1, 0.15) is 0 Å². The van der Waals surface area contributed by atoms with Crippen LogP contribution in [0.4, 0.5) is 0 Å². The molecule has 1 aliphatic rings. The third-order valence-electron chi connectivity index (χ3n) is 2.63. The average Bonchev–Trinajstić information content (AvgIpc) is 2.53. The summed E-state index contributed by atoms with van der Waals surface area (Å²) in [4.78, 5) is 0. The van der Waals surface area contributed by atoms with Crippen molar-refractivity contribution in [3.8, 4) is 0 Å². The number of aromatic amines is 1. The first kappa shape index (κ1) is 8.75. The lowest BCUT2D eigenvalue weighted by atomic mass is 10.0. The van der Waals surface area contributed by atoms with Gasteiger partial charge in [-0.1, -0.05) is 6.42 Å². The van der Waals surface area contributed by atoms with Gasteiger partial charge in [-0.3, -0.25) is 5.10 Å². The summed E-state index contributed by atoms with van der Waals surface area (Å²) in [7, 11) is 0. The Balaban J connectivity index is 1.89. The molecule has 0 bridgehead atoms. The van der Waals surface area contributed by atoms with Gasteiger partial charge in [-0.25, -0.2) is 0 Å². The molecule has 0 radical (unpaired) electrons. The maximum absolute atomic E-state index is 4.24. The first-order chi connectivity index (χ1) is 6.34. The third-order valence-corrected chi connectivity index (χ3v) is 2.63. The molecule has 1 aliphatic heterocycles. The fourth-order valence-corrected chi connectivity index (χ4v) is 1.93. The Hall–Kier alpha value is -0.830. The lowest BCUT2D eigenvalue weighted by Gasteiger charge is -2.22. The molecule has 2 heterocycles. The fraction of sp³-hybridized carbons (Fsp3) is 0.700. The SMILES string of the molecule is Cc1cc(CC2CCCCN2)n[nH]1. The monoisotopic (exact) mass is 179 g/mol. The number of H-pyrrole nitrogens is 1. The fourth-order valence-electron chi connectivity index (χ4n) is 1.93. The number of aromatic nitrogens is 2. The van der Waals surface area contributed by atoms with E-state index in [-0.39, 0.29) is 0 Å². The summed E-state index contributed by atoms with van der Waals surface area (Å²) in [5.74, 6) is 0. The van der Waals surface area contributed by atoms with Gasteiger partial charge in [-0.15, -0.1) is 0 Å². The van der Waals surface area contributed by atoms with E-state index >= 15 is 0 Å². The number of nitrogens with zero attached hydrogens (tertiary/aromatic N) is 1. The van der Waals surface area contributed by atoms with Crippen molar-refractivity contribution in [3.05, 3.63) is 17.5 Å². The summed E-state index contributed by atoms with van der Waals surface area (Å²) >= 11 is 0. The summed E-state index contributed by atoms with van der Waals surface area (Å²) in [5.41, 5.74) is 2.35. The molecule has 0 amide bonds. The van der Waals surface area contributed by atoms with Crippen molar-refractivity contribution < 1.29 is 0 Å². The predicted octanol–water partition coefficient (Wildman–Crippen LogP) is 1.40. The average molecular weight is 179 g/mol. The van der Waals surface area contributed by atoms with E-state index in [4.69, 9.17) is 0 Å². The molecule has 2 rings (SSSR count). The molecule has 0 saturated carbocycles. The van der Waals surface area contributed by atoms with Crippen LogP contribution >= 0.6 is 0 Å². The molecule has 1 aromatic heterocycles. The lowest BCUT2D eigenvalue weighted by Crippen LogP contribution is -2.35. The molecule has 1 fully saturated rings. The predicted molar refractivity (Wildman–Crippen MR) is 52.7 cm³/mol. The molecule has 1 unspecified atom stereocenters. The Labute approximate surface area is 78.9 Å². The van der Waals surface area contributed by atoms with E-state index in [9.17, 15) is 0 Å². The smallest absolute Gasteiger partial charge is 0.0640 e. The van der Waals surface area contributed by atoms with E-state index in [0.717, 1.165) is 12.1 Å². The van der Waals surface area contributed by atoms with Crippen LogP contribution in [0.3, 0.4) is 0 Å². The number of hydrogen-bond donors (Lipinski definition) is 2. The quantitative estimate of drug-likeness (QED) is 0.720. The molecule has 1 aromatic rings. The highest BCUT2D eigenvalue weighted by Gasteiger charge is 2.13. The second-order valence-corrected chi connectivity index (χ2v) is 3.89. The van der Waals surface area contributed by atoms with Gasteiger partial charge in [0.2, 0.25) is 0 Å². The zero-order chi connectivity index (χ0) is 9.10. The molecule has 1 atom stereocenters. The van der Waals surface area contributed by atoms with Gasteiger partial charge in [0.05, 0.1) is 5.69 Å². The number of hydrogen-bond acceptors (Lipinski definition) is 2. The van der Waals surface area contributed by atoms with Crippen molar-refractivity contribution in [3.63, 3.8) is 0 Å². The zero-order valence-corrected chi connectivity index (χ0v) is 8.14. The molecular formula is C10H17N3. The largest absolute Gasteiger partial charge is 0.314 e. The van der Waals surface area contributed by atoms with Crippen LogP contribution in [0.25, 0.3) is 0 Å². The number of nitrogens with one attached hydrogen (secondary N) is 2. The van der Waals surface area contributed by atoms with Crippen molar-refractivity contribution in [2.45, 2.75) is 38.6 Å². The van der Waals surface area contributed by atoms with Gasteiger partial charge in [-0.05, 0) is 32.4 Å². The number of rotatable bonds is 2. The van der Waals surface area contributed by atoms with Crippen LogP contribution in [0.2, 0.25) is 0 Å². The van der Waals surface area contributed by atoms with Gasteiger partial charge in [0.15, 0.2) is 0 Å². The van der Waals surface area contributed by atoms with E-state index in [1.54, 1.807) is 0 Å². The molecule has 3 heteroatoms. The van der Waals surface area contributed by atoms with Crippen molar-refractivity contribution >= 4 is 0 Å². The van der Waals surface area contributed by atoms with Gasteiger partial charge in [-0.2, -0.15) is 5.10 Å². The second kappa shape index (κ2) is 3.92. The minimum atomic E-state index is 0.649. The number of piperidine rings is 1. The van der Waals surface area contributed by atoms with Gasteiger partial charge in [0.25, 0.3) is 0 Å². The Morgan fingerprint density at radius 1 is 1.54 bits per heavy atom. The van der Waals surface area contributed by atoms with E-state index in [1.165, 1.54) is 31.5 Å². The molecule has 72 valence electrons. The molecule has 3 nitrogen and oxygen atoms in total. The first-order valence-electron chi connectivity index (χ1n) is 5.09. The van der Waals surface area contributed by atoms with Gasteiger partial charge >= 0.3 is 0 Å². The summed E-state index contributed by atoms with van der Waals surface area (Å²) in [6.07, 6.45) is 5.06. The van der Waals surface area contributed by atoms with Crippen molar-refractivity contribution in [1.29, 1.82) is 0 Å². The maximum atomic E-state index is 4.24. The van der Waals surface area contributed by atoms with Gasteiger partial charge in [0, 0.05) is 18.2 Å². The van der Waals surface area contributed by atoms with Crippen molar-refractivity contribution in [2.24, 2.45) is 0 Å². The molecule has 0 spiro atoms. The van der Waals surface area contributed by atoms with E-state index in [2.05, 4.69) is 21.6 Å². The number of aryl methyl sites for hydroxylation is 1. The summed E-state index contributed by atoms with van der Waals surface area (Å²) in [6, 6.07) is 2.78. The van der Waals surface area contributed by atoms with Crippen molar-refractivity contribution in [1.82, 2.24) is 15.5 Å². The molecule has 0 aliphatic carbocycles. The Morgan fingerprint density at radius 2 is 2.46 bits per heavy atom. The van der Waals surface area contributed by atoms with Crippen LogP contribution in [0.5, 0.6) is 0 Å². The second-order valence-electron chi connectivity index (χ2n) is 3.89. The molecule has 13 heavy (non-hydrogen) atoms. The highest BCUT2D eigenvalue weighted by molar-refractivity contribution is 5.08. The Kier molecular flexibility index (Phi) is 2.64. The van der Waals surface area contributed by atoms with Crippen LogP contribution in [0.1, 0.15) is 30.7 Å².